The average molecular weight is 333 g/mol. The van der Waals surface area contributed by atoms with Crippen molar-refractivity contribution in [3.63, 3.8) is 0 Å². The molecule has 126 valence electrons. The monoisotopic (exact) mass is 333 g/mol. The highest BCUT2D eigenvalue weighted by Crippen LogP contribution is 2.31. The molecule has 3 aromatic rings. The summed E-state index contributed by atoms with van der Waals surface area (Å²) in [7, 11) is 0. The van der Waals surface area contributed by atoms with Crippen LogP contribution in [0.15, 0.2) is 65.3 Å². The van der Waals surface area contributed by atoms with E-state index in [1.165, 1.54) is 5.56 Å². The number of aromatic nitrogens is 2. The average Bonchev–Trinajstić information content (AvgIpc) is 3.12. The van der Waals surface area contributed by atoms with E-state index < -0.39 is 0 Å². The van der Waals surface area contributed by atoms with Gasteiger partial charge in [-0.25, -0.2) is 0 Å². The number of benzene rings is 1. The first-order valence-corrected chi connectivity index (χ1v) is 8.51. The molecule has 0 unspecified atom stereocenters. The maximum Gasteiger partial charge on any atom is 0.273 e. The molecular formula is C20H19N3O2. The minimum absolute atomic E-state index is 0.186. The second kappa shape index (κ2) is 6.89. The molecule has 5 nitrogen and oxygen atoms in total. The number of rotatable bonds is 5. The van der Waals surface area contributed by atoms with Crippen molar-refractivity contribution in [2.24, 2.45) is 5.92 Å². The second-order valence-corrected chi connectivity index (χ2v) is 6.49. The molecule has 0 spiro atoms. The van der Waals surface area contributed by atoms with Crippen LogP contribution in [0, 0.1) is 5.92 Å². The van der Waals surface area contributed by atoms with Gasteiger partial charge in [-0.3, -0.25) is 9.78 Å². The van der Waals surface area contributed by atoms with Crippen LogP contribution in [0.1, 0.15) is 28.9 Å². The molecule has 1 N–H and O–H groups in total. The molecular weight excluding hydrogens is 314 g/mol. The van der Waals surface area contributed by atoms with Crippen LogP contribution in [-0.4, -0.2) is 22.1 Å². The van der Waals surface area contributed by atoms with Gasteiger partial charge in [0.2, 0.25) is 0 Å². The molecule has 1 aliphatic carbocycles. The molecule has 25 heavy (non-hydrogen) atoms. The minimum Gasteiger partial charge on any atom is -0.354 e. The summed E-state index contributed by atoms with van der Waals surface area (Å²) in [6.07, 6.45) is 4.76. The fraction of sp³-hybridized carbons (Fsp3) is 0.250. The van der Waals surface area contributed by atoms with Crippen LogP contribution in [0.25, 0.3) is 11.5 Å². The minimum atomic E-state index is -0.186. The predicted octanol–water partition coefficient (Wildman–Crippen LogP) is 3.49. The van der Waals surface area contributed by atoms with Crippen molar-refractivity contribution in [3.05, 3.63) is 72.1 Å². The molecule has 0 saturated heterocycles. The van der Waals surface area contributed by atoms with E-state index in [-0.39, 0.29) is 11.9 Å². The summed E-state index contributed by atoms with van der Waals surface area (Å²) in [5.41, 5.74) is 2.32. The quantitative estimate of drug-likeness (QED) is 0.776. The highest BCUT2D eigenvalue weighted by atomic mass is 16.5. The summed E-state index contributed by atoms with van der Waals surface area (Å²) in [5, 5.41) is 6.90. The Kier molecular flexibility index (Phi) is 4.29. The molecule has 0 bridgehead atoms. The molecule has 2 heterocycles. The third-order valence-electron chi connectivity index (χ3n) is 4.60. The number of amides is 1. The Morgan fingerprint density at radius 1 is 1.12 bits per heavy atom. The number of nitrogens with zero attached hydrogens (tertiary/aromatic N) is 2. The van der Waals surface area contributed by atoms with E-state index >= 15 is 0 Å². The highest BCUT2D eigenvalue weighted by molar-refractivity contribution is 5.93. The SMILES string of the molecule is O=C(NC1CC(Cc2ccccc2)C1)c1cc(-c2ccccn2)on1. The van der Waals surface area contributed by atoms with Gasteiger partial charge in [-0.2, -0.15) is 0 Å². The Morgan fingerprint density at radius 3 is 2.68 bits per heavy atom. The number of carbonyl (C=O) groups is 1. The lowest BCUT2D eigenvalue weighted by Crippen LogP contribution is -2.45. The van der Waals surface area contributed by atoms with E-state index in [9.17, 15) is 4.79 Å². The summed E-state index contributed by atoms with van der Waals surface area (Å²) >= 11 is 0. The van der Waals surface area contributed by atoms with Gasteiger partial charge in [0.15, 0.2) is 11.5 Å². The smallest absolute Gasteiger partial charge is 0.273 e. The van der Waals surface area contributed by atoms with E-state index in [1.807, 2.05) is 24.3 Å². The molecule has 0 aliphatic heterocycles. The molecule has 1 fully saturated rings. The van der Waals surface area contributed by atoms with Crippen molar-refractivity contribution >= 4 is 5.91 Å². The highest BCUT2D eigenvalue weighted by Gasteiger charge is 2.31. The van der Waals surface area contributed by atoms with Crippen LogP contribution in [0.4, 0.5) is 0 Å². The van der Waals surface area contributed by atoms with E-state index in [0.29, 0.717) is 23.1 Å². The van der Waals surface area contributed by atoms with E-state index in [2.05, 4.69) is 39.7 Å². The van der Waals surface area contributed by atoms with Crippen molar-refractivity contribution < 1.29 is 9.32 Å². The second-order valence-electron chi connectivity index (χ2n) is 6.49. The van der Waals surface area contributed by atoms with Gasteiger partial charge < -0.3 is 9.84 Å². The predicted molar refractivity (Wildman–Crippen MR) is 93.9 cm³/mol. The Hall–Kier alpha value is -2.95. The number of nitrogens with one attached hydrogen (secondary N) is 1. The Bertz CT molecular complexity index is 840. The summed E-state index contributed by atoms with van der Waals surface area (Å²) in [6, 6.07) is 17.8. The molecule has 0 radical (unpaired) electrons. The zero-order valence-corrected chi connectivity index (χ0v) is 13.8. The topological polar surface area (TPSA) is 68.0 Å². The van der Waals surface area contributed by atoms with Gasteiger partial charge in [0, 0.05) is 18.3 Å². The molecule has 1 saturated carbocycles. The number of carbonyl (C=O) groups excluding carboxylic acids is 1. The van der Waals surface area contributed by atoms with Gasteiger partial charge in [0.1, 0.15) is 5.69 Å². The lowest BCUT2D eigenvalue weighted by molar-refractivity contribution is 0.0880. The van der Waals surface area contributed by atoms with Crippen LogP contribution >= 0.6 is 0 Å². The third kappa shape index (κ3) is 3.60. The lowest BCUT2D eigenvalue weighted by atomic mass is 9.76. The molecule has 2 aromatic heterocycles. The summed E-state index contributed by atoms with van der Waals surface area (Å²) in [4.78, 5) is 16.5. The zero-order valence-electron chi connectivity index (χ0n) is 13.8. The van der Waals surface area contributed by atoms with E-state index in [1.54, 1.807) is 12.3 Å². The van der Waals surface area contributed by atoms with E-state index in [0.717, 1.165) is 19.3 Å². The van der Waals surface area contributed by atoms with Crippen molar-refractivity contribution in [2.45, 2.75) is 25.3 Å². The summed E-state index contributed by atoms with van der Waals surface area (Å²) < 4.78 is 5.23. The van der Waals surface area contributed by atoms with Gasteiger partial charge in [-0.05, 0) is 42.9 Å². The van der Waals surface area contributed by atoms with Gasteiger partial charge in [0.25, 0.3) is 5.91 Å². The molecule has 5 heteroatoms. The normalized spacial score (nSPS) is 19.2. The van der Waals surface area contributed by atoms with Crippen molar-refractivity contribution in [1.82, 2.24) is 15.5 Å². The van der Waals surface area contributed by atoms with Gasteiger partial charge in [-0.1, -0.05) is 41.6 Å². The number of hydrogen-bond acceptors (Lipinski definition) is 4. The summed E-state index contributed by atoms with van der Waals surface area (Å²) in [5.74, 6) is 0.949. The lowest BCUT2D eigenvalue weighted by Gasteiger charge is -2.35. The van der Waals surface area contributed by atoms with Crippen molar-refractivity contribution in [2.75, 3.05) is 0 Å². The van der Waals surface area contributed by atoms with E-state index in [4.69, 9.17) is 4.52 Å². The fourth-order valence-corrected chi connectivity index (χ4v) is 3.24. The van der Waals surface area contributed by atoms with Crippen LogP contribution < -0.4 is 5.32 Å². The van der Waals surface area contributed by atoms with Crippen LogP contribution in [0.3, 0.4) is 0 Å². The van der Waals surface area contributed by atoms with Crippen molar-refractivity contribution in [1.29, 1.82) is 0 Å². The van der Waals surface area contributed by atoms with Crippen LogP contribution in [-0.2, 0) is 6.42 Å². The van der Waals surface area contributed by atoms with Gasteiger partial charge in [0.05, 0.1) is 0 Å². The molecule has 4 rings (SSSR count). The molecule has 0 atom stereocenters. The summed E-state index contributed by atoms with van der Waals surface area (Å²) in [6.45, 7) is 0. The Morgan fingerprint density at radius 2 is 1.92 bits per heavy atom. The number of hydrogen-bond donors (Lipinski definition) is 1. The largest absolute Gasteiger partial charge is 0.354 e. The first-order valence-electron chi connectivity index (χ1n) is 8.51. The molecule has 1 aliphatic rings. The first kappa shape index (κ1) is 15.6. The maximum absolute atomic E-state index is 12.3. The van der Waals surface area contributed by atoms with Crippen LogP contribution in [0.2, 0.25) is 0 Å². The van der Waals surface area contributed by atoms with Gasteiger partial charge >= 0.3 is 0 Å². The maximum atomic E-state index is 12.3. The van der Waals surface area contributed by atoms with Crippen LogP contribution in [0.5, 0.6) is 0 Å². The third-order valence-corrected chi connectivity index (χ3v) is 4.60. The Labute approximate surface area is 146 Å². The molecule has 1 amide bonds. The fourth-order valence-electron chi connectivity index (χ4n) is 3.24. The van der Waals surface area contributed by atoms with Crippen molar-refractivity contribution in [3.8, 4) is 11.5 Å². The zero-order chi connectivity index (χ0) is 17.1. The Balaban J connectivity index is 1.30. The standard InChI is InChI=1S/C20H19N3O2/c24-20(18-13-19(25-23-18)17-8-4-5-9-21-17)22-16-11-15(12-16)10-14-6-2-1-3-7-14/h1-9,13,15-16H,10-12H2,(H,22,24). The number of pyridine rings is 1. The first-order chi connectivity index (χ1) is 12.3. The van der Waals surface area contributed by atoms with Gasteiger partial charge in [-0.15, -0.1) is 0 Å². The molecule has 1 aromatic carbocycles.